The highest BCUT2D eigenvalue weighted by molar-refractivity contribution is 5.78. The van der Waals surface area contributed by atoms with Crippen LogP contribution in [0.3, 0.4) is 0 Å². The number of Topliss-reactive ketones (excluding diaryl/α,β-unsaturated/α-hetero) is 1. The fourth-order valence-corrected chi connectivity index (χ4v) is 2.36. The minimum Gasteiger partial charge on any atom is -0.300 e. The Morgan fingerprint density at radius 1 is 1.11 bits per heavy atom. The summed E-state index contributed by atoms with van der Waals surface area (Å²) in [7, 11) is 0. The summed E-state index contributed by atoms with van der Waals surface area (Å²) in [6.07, 6.45) is 0.426. The van der Waals surface area contributed by atoms with Crippen LogP contribution in [0.5, 0.6) is 0 Å². The molecule has 0 amide bonds. The van der Waals surface area contributed by atoms with Crippen molar-refractivity contribution in [2.75, 3.05) is 0 Å². The van der Waals surface area contributed by atoms with Gasteiger partial charge in [-0.1, -0.05) is 30.3 Å². The quantitative estimate of drug-likeness (QED) is 0.802. The van der Waals surface area contributed by atoms with Crippen LogP contribution in [0, 0.1) is 19.7 Å². The minimum absolute atomic E-state index is 0.130. The highest BCUT2D eigenvalue weighted by Crippen LogP contribution is 2.28. The highest BCUT2D eigenvalue weighted by atomic mass is 19.1. The van der Waals surface area contributed by atoms with Gasteiger partial charge in [-0.3, -0.25) is 4.79 Å². The summed E-state index contributed by atoms with van der Waals surface area (Å²) < 4.78 is 14.1. The number of benzene rings is 2. The largest absolute Gasteiger partial charge is 0.300 e. The molecule has 1 nitrogen and oxygen atoms in total. The zero-order chi connectivity index (χ0) is 14.0. The molecule has 2 rings (SSSR count). The van der Waals surface area contributed by atoms with Crippen LogP contribution in [0.25, 0.3) is 11.1 Å². The standard InChI is InChI=1S/C17H17FO/c1-11-8-12(2)17(16(18)9-11)15-6-4-14(5-7-15)10-13(3)19/h4-9H,10H2,1-3H3. The second-order valence-electron chi connectivity index (χ2n) is 5.01. The molecule has 2 aromatic carbocycles. The molecule has 0 bridgehead atoms. The predicted octanol–water partition coefficient (Wildman–Crippen LogP) is 4.24. The minimum atomic E-state index is -0.197. The monoisotopic (exact) mass is 256 g/mol. The van der Waals surface area contributed by atoms with Gasteiger partial charge in [0.1, 0.15) is 11.6 Å². The summed E-state index contributed by atoms with van der Waals surface area (Å²) in [5.41, 5.74) is 4.30. The maximum Gasteiger partial charge on any atom is 0.134 e. The Kier molecular flexibility index (Phi) is 3.79. The zero-order valence-electron chi connectivity index (χ0n) is 11.5. The number of carbonyl (C=O) groups is 1. The normalized spacial score (nSPS) is 10.5. The summed E-state index contributed by atoms with van der Waals surface area (Å²) in [6.45, 7) is 5.36. The number of rotatable bonds is 3. The topological polar surface area (TPSA) is 17.1 Å². The van der Waals surface area contributed by atoms with Crippen LogP contribution in [0.2, 0.25) is 0 Å². The lowest BCUT2D eigenvalue weighted by Gasteiger charge is -2.09. The Balaban J connectivity index is 2.40. The summed E-state index contributed by atoms with van der Waals surface area (Å²) in [5, 5.41) is 0. The van der Waals surface area contributed by atoms with Crippen molar-refractivity contribution in [3.05, 3.63) is 58.9 Å². The van der Waals surface area contributed by atoms with E-state index in [0.717, 1.165) is 22.3 Å². The van der Waals surface area contributed by atoms with Crippen molar-refractivity contribution in [2.45, 2.75) is 27.2 Å². The van der Waals surface area contributed by atoms with Crippen LogP contribution in [-0.2, 0) is 11.2 Å². The van der Waals surface area contributed by atoms with Gasteiger partial charge in [-0.15, -0.1) is 0 Å². The van der Waals surface area contributed by atoms with Gasteiger partial charge in [0.05, 0.1) is 0 Å². The van der Waals surface area contributed by atoms with Crippen molar-refractivity contribution < 1.29 is 9.18 Å². The second kappa shape index (κ2) is 5.35. The van der Waals surface area contributed by atoms with Gasteiger partial charge in [0.15, 0.2) is 0 Å². The molecule has 0 heterocycles. The van der Waals surface area contributed by atoms with E-state index in [1.54, 1.807) is 13.0 Å². The van der Waals surface area contributed by atoms with Gasteiger partial charge >= 0.3 is 0 Å². The summed E-state index contributed by atoms with van der Waals surface area (Å²) in [6, 6.07) is 11.0. The number of hydrogen-bond acceptors (Lipinski definition) is 1. The highest BCUT2D eigenvalue weighted by Gasteiger charge is 2.09. The van der Waals surface area contributed by atoms with Crippen molar-refractivity contribution in [1.29, 1.82) is 0 Å². The molecule has 0 saturated carbocycles. The van der Waals surface area contributed by atoms with E-state index in [-0.39, 0.29) is 11.6 Å². The third kappa shape index (κ3) is 3.08. The van der Waals surface area contributed by atoms with Crippen LogP contribution in [0.15, 0.2) is 36.4 Å². The van der Waals surface area contributed by atoms with Gasteiger partial charge in [-0.25, -0.2) is 4.39 Å². The Hall–Kier alpha value is -1.96. The lowest BCUT2D eigenvalue weighted by Crippen LogP contribution is -1.96. The number of carbonyl (C=O) groups excluding carboxylic acids is 1. The molecule has 0 aliphatic heterocycles. The van der Waals surface area contributed by atoms with Crippen LogP contribution in [-0.4, -0.2) is 5.78 Å². The summed E-state index contributed by atoms with van der Waals surface area (Å²) in [5.74, 6) is -0.0673. The molecule has 0 radical (unpaired) electrons. The van der Waals surface area contributed by atoms with Crippen LogP contribution in [0.4, 0.5) is 4.39 Å². The van der Waals surface area contributed by atoms with Gasteiger partial charge in [0, 0.05) is 12.0 Å². The van der Waals surface area contributed by atoms with E-state index < -0.39 is 0 Å². The first-order chi connectivity index (χ1) is 8.97. The van der Waals surface area contributed by atoms with E-state index in [1.165, 1.54) is 0 Å². The zero-order valence-corrected chi connectivity index (χ0v) is 11.5. The predicted molar refractivity (Wildman–Crippen MR) is 75.7 cm³/mol. The van der Waals surface area contributed by atoms with Gasteiger partial charge in [-0.05, 0) is 49.1 Å². The maximum absolute atomic E-state index is 14.1. The molecule has 0 aliphatic rings. The van der Waals surface area contributed by atoms with Gasteiger partial charge in [-0.2, -0.15) is 0 Å². The Morgan fingerprint density at radius 2 is 1.74 bits per heavy atom. The van der Waals surface area contributed by atoms with Crippen LogP contribution < -0.4 is 0 Å². The van der Waals surface area contributed by atoms with E-state index in [1.807, 2.05) is 44.2 Å². The molecular formula is C17H17FO. The van der Waals surface area contributed by atoms with E-state index in [0.29, 0.717) is 12.0 Å². The first-order valence-corrected chi connectivity index (χ1v) is 6.33. The smallest absolute Gasteiger partial charge is 0.134 e. The lowest BCUT2D eigenvalue weighted by atomic mass is 9.96. The van der Waals surface area contributed by atoms with E-state index in [9.17, 15) is 9.18 Å². The Labute approximate surface area is 113 Å². The van der Waals surface area contributed by atoms with E-state index in [4.69, 9.17) is 0 Å². The number of halogens is 1. The number of hydrogen-bond donors (Lipinski definition) is 0. The fraction of sp³-hybridized carbons (Fsp3) is 0.235. The Bertz CT molecular complexity index is 589. The molecule has 0 saturated heterocycles. The molecule has 0 fully saturated rings. The average molecular weight is 256 g/mol. The average Bonchev–Trinajstić information content (AvgIpc) is 2.29. The number of ketones is 1. The lowest BCUT2D eigenvalue weighted by molar-refractivity contribution is -0.116. The second-order valence-corrected chi connectivity index (χ2v) is 5.01. The first-order valence-electron chi connectivity index (χ1n) is 6.33. The molecule has 0 unspecified atom stereocenters. The third-order valence-corrected chi connectivity index (χ3v) is 3.13. The molecule has 0 aromatic heterocycles. The van der Waals surface area contributed by atoms with Crippen LogP contribution >= 0.6 is 0 Å². The third-order valence-electron chi connectivity index (χ3n) is 3.13. The number of aryl methyl sites for hydroxylation is 2. The molecule has 0 spiro atoms. The van der Waals surface area contributed by atoms with E-state index in [2.05, 4.69) is 0 Å². The van der Waals surface area contributed by atoms with Crippen LogP contribution in [0.1, 0.15) is 23.6 Å². The van der Waals surface area contributed by atoms with Crippen molar-refractivity contribution in [1.82, 2.24) is 0 Å². The summed E-state index contributed by atoms with van der Waals surface area (Å²) >= 11 is 0. The summed E-state index contributed by atoms with van der Waals surface area (Å²) in [4.78, 5) is 11.1. The van der Waals surface area contributed by atoms with Gasteiger partial charge in [0.2, 0.25) is 0 Å². The van der Waals surface area contributed by atoms with Crippen molar-refractivity contribution in [3.8, 4) is 11.1 Å². The Morgan fingerprint density at radius 3 is 2.26 bits per heavy atom. The first kappa shape index (κ1) is 13.5. The van der Waals surface area contributed by atoms with Crippen molar-refractivity contribution in [3.63, 3.8) is 0 Å². The van der Waals surface area contributed by atoms with Crippen molar-refractivity contribution >= 4 is 5.78 Å². The molecule has 19 heavy (non-hydrogen) atoms. The van der Waals surface area contributed by atoms with Crippen molar-refractivity contribution in [2.24, 2.45) is 0 Å². The molecule has 0 atom stereocenters. The van der Waals surface area contributed by atoms with Gasteiger partial charge < -0.3 is 0 Å². The fourth-order valence-electron chi connectivity index (χ4n) is 2.36. The SMILES string of the molecule is CC(=O)Cc1ccc(-c2c(C)cc(C)cc2F)cc1. The molecule has 2 heteroatoms. The van der Waals surface area contributed by atoms with Gasteiger partial charge in [0.25, 0.3) is 0 Å². The molecule has 0 N–H and O–H groups in total. The maximum atomic E-state index is 14.1. The molecule has 98 valence electrons. The molecular weight excluding hydrogens is 239 g/mol. The molecule has 2 aromatic rings. The van der Waals surface area contributed by atoms with E-state index >= 15 is 0 Å². The molecule has 0 aliphatic carbocycles.